The summed E-state index contributed by atoms with van der Waals surface area (Å²) >= 11 is 0. The standard InChI is InChI=1S/C11H10N2O2/c1-7-2-3-8-4-5-9(6-12-15)11(14)10(8)13-7/h2-6,14-15H,1H3/b12-6+. The molecule has 0 unspecified atom stereocenters. The van der Waals surface area contributed by atoms with Crippen LogP contribution in [0.15, 0.2) is 29.4 Å². The molecule has 0 aliphatic rings. The molecule has 2 N–H and O–H groups in total. The number of phenols is 1. The lowest BCUT2D eigenvalue weighted by Crippen LogP contribution is -1.88. The second kappa shape index (κ2) is 3.57. The summed E-state index contributed by atoms with van der Waals surface area (Å²) in [6, 6.07) is 7.26. The van der Waals surface area contributed by atoms with Gasteiger partial charge in [-0.15, -0.1) is 0 Å². The summed E-state index contributed by atoms with van der Waals surface area (Å²) in [7, 11) is 0. The number of aromatic nitrogens is 1. The second-order valence-electron chi connectivity index (χ2n) is 3.27. The fourth-order valence-electron chi connectivity index (χ4n) is 1.45. The molecule has 4 heteroatoms. The van der Waals surface area contributed by atoms with E-state index in [-0.39, 0.29) is 5.75 Å². The third-order valence-corrected chi connectivity index (χ3v) is 2.20. The van der Waals surface area contributed by atoms with Gasteiger partial charge in [-0.05, 0) is 19.1 Å². The van der Waals surface area contributed by atoms with Gasteiger partial charge in [0.15, 0.2) is 5.75 Å². The Kier molecular flexibility index (Phi) is 2.25. The number of oxime groups is 1. The fraction of sp³-hybridized carbons (Fsp3) is 0.0909. The lowest BCUT2D eigenvalue weighted by atomic mass is 10.1. The van der Waals surface area contributed by atoms with Crippen LogP contribution in [0.1, 0.15) is 11.3 Å². The van der Waals surface area contributed by atoms with E-state index in [1.807, 2.05) is 25.1 Å². The van der Waals surface area contributed by atoms with Crippen molar-refractivity contribution in [2.45, 2.75) is 6.92 Å². The molecule has 76 valence electrons. The van der Waals surface area contributed by atoms with Crippen LogP contribution < -0.4 is 0 Å². The SMILES string of the molecule is Cc1ccc2ccc(/C=N/O)c(O)c2n1. The average Bonchev–Trinajstić information content (AvgIpc) is 2.23. The number of aromatic hydroxyl groups is 1. The van der Waals surface area contributed by atoms with Gasteiger partial charge in [0, 0.05) is 16.6 Å². The largest absolute Gasteiger partial charge is 0.505 e. The van der Waals surface area contributed by atoms with Crippen LogP contribution in [0.5, 0.6) is 5.75 Å². The second-order valence-corrected chi connectivity index (χ2v) is 3.27. The number of benzene rings is 1. The molecule has 1 heterocycles. The van der Waals surface area contributed by atoms with Gasteiger partial charge in [0.05, 0.1) is 6.21 Å². The molecule has 0 spiro atoms. The number of fused-ring (bicyclic) bond motifs is 1. The van der Waals surface area contributed by atoms with Crippen molar-refractivity contribution in [2.75, 3.05) is 0 Å². The van der Waals surface area contributed by atoms with Crippen molar-refractivity contribution < 1.29 is 10.3 Å². The molecule has 0 atom stereocenters. The molecule has 0 radical (unpaired) electrons. The van der Waals surface area contributed by atoms with E-state index in [0.29, 0.717) is 11.1 Å². The van der Waals surface area contributed by atoms with Crippen molar-refractivity contribution >= 4 is 17.1 Å². The van der Waals surface area contributed by atoms with Gasteiger partial charge in [0.25, 0.3) is 0 Å². The number of nitrogens with zero attached hydrogens (tertiary/aromatic N) is 2. The van der Waals surface area contributed by atoms with Crippen LogP contribution in [0.4, 0.5) is 0 Å². The maximum absolute atomic E-state index is 9.84. The molecular weight excluding hydrogens is 192 g/mol. The molecule has 0 bridgehead atoms. The minimum atomic E-state index is 0.0361. The summed E-state index contributed by atoms with van der Waals surface area (Å²) in [5, 5.41) is 22.0. The molecule has 4 nitrogen and oxygen atoms in total. The van der Waals surface area contributed by atoms with Crippen molar-refractivity contribution in [1.82, 2.24) is 4.98 Å². The quantitative estimate of drug-likeness (QED) is 0.422. The van der Waals surface area contributed by atoms with Gasteiger partial charge in [-0.1, -0.05) is 17.3 Å². The Morgan fingerprint density at radius 1 is 1.27 bits per heavy atom. The van der Waals surface area contributed by atoms with Gasteiger partial charge in [0.1, 0.15) is 5.52 Å². The van der Waals surface area contributed by atoms with E-state index < -0.39 is 0 Å². The highest BCUT2D eigenvalue weighted by atomic mass is 16.4. The molecule has 0 saturated carbocycles. The topological polar surface area (TPSA) is 65.7 Å². The summed E-state index contributed by atoms with van der Waals surface area (Å²) in [6.07, 6.45) is 1.18. The highest BCUT2D eigenvalue weighted by Crippen LogP contribution is 2.26. The Morgan fingerprint density at radius 3 is 2.73 bits per heavy atom. The van der Waals surface area contributed by atoms with E-state index in [1.165, 1.54) is 6.21 Å². The first-order chi connectivity index (χ1) is 7.22. The van der Waals surface area contributed by atoms with Crippen molar-refractivity contribution in [3.05, 3.63) is 35.5 Å². The van der Waals surface area contributed by atoms with E-state index in [9.17, 15) is 5.11 Å². The Hall–Kier alpha value is -2.10. The van der Waals surface area contributed by atoms with Gasteiger partial charge in [-0.25, -0.2) is 4.98 Å². The van der Waals surface area contributed by atoms with Crippen molar-refractivity contribution in [3.63, 3.8) is 0 Å². The molecular formula is C11H10N2O2. The number of phenolic OH excluding ortho intramolecular Hbond substituents is 1. The van der Waals surface area contributed by atoms with E-state index in [0.717, 1.165) is 11.1 Å². The Labute approximate surface area is 86.5 Å². The molecule has 0 aliphatic heterocycles. The van der Waals surface area contributed by atoms with Crippen LogP contribution in [0, 0.1) is 6.92 Å². The summed E-state index contributed by atoms with van der Waals surface area (Å²) in [5.41, 5.74) is 1.80. The zero-order valence-electron chi connectivity index (χ0n) is 8.18. The third kappa shape index (κ3) is 1.61. The van der Waals surface area contributed by atoms with Crippen molar-refractivity contribution in [2.24, 2.45) is 5.16 Å². The third-order valence-electron chi connectivity index (χ3n) is 2.20. The Morgan fingerprint density at radius 2 is 2.00 bits per heavy atom. The van der Waals surface area contributed by atoms with Crippen molar-refractivity contribution in [1.29, 1.82) is 0 Å². The van der Waals surface area contributed by atoms with E-state index in [2.05, 4.69) is 10.1 Å². The highest BCUT2D eigenvalue weighted by Gasteiger charge is 2.06. The predicted molar refractivity (Wildman–Crippen MR) is 57.5 cm³/mol. The minimum Gasteiger partial charge on any atom is -0.505 e. The maximum atomic E-state index is 9.84. The van der Waals surface area contributed by atoms with Crippen molar-refractivity contribution in [3.8, 4) is 5.75 Å². The fourth-order valence-corrected chi connectivity index (χ4v) is 1.45. The molecule has 2 rings (SSSR count). The molecule has 1 aromatic carbocycles. The summed E-state index contributed by atoms with van der Waals surface area (Å²) in [4.78, 5) is 4.22. The number of hydrogen-bond acceptors (Lipinski definition) is 4. The summed E-state index contributed by atoms with van der Waals surface area (Å²) in [6.45, 7) is 1.85. The lowest BCUT2D eigenvalue weighted by molar-refractivity contribution is 0.321. The van der Waals surface area contributed by atoms with Crippen LogP contribution in [-0.4, -0.2) is 21.5 Å². The van der Waals surface area contributed by atoms with Gasteiger partial charge < -0.3 is 10.3 Å². The molecule has 0 fully saturated rings. The molecule has 0 amide bonds. The summed E-state index contributed by atoms with van der Waals surface area (Å²) in [5.74, 6) is 0.0361. The van der Waals surface area contributed by atoms with E-state index in [1.54, 1.807) is 6.07 Å². The van der Waals surface area contributed by atoms with Crippen LogP contribution in [0.3, 0.4) is 0 Å². The Bertz CT molecular complexity index is 535. The Balaban J connectivity index is 2.76. The number of rotatable bonds is 1. The van der Waals surface area contributed by atoms with Gasteiger partial charge >= 0.3 is 0 Å². The van der Waals surface area contributed by atoms with Crippen LogP contribution in [0.25, 0.3) is 10.9 Å². The van der Waals surface area contributed by atoms with E-state index >= 15 is 0 Å². The smallest absolute Gasteiger partial charge is 0.150 e. The summed E-state index contributed by atoms with van der Waals surface area (Å²) < 4.78 is 0. The predicted octanol–water partition coefficient (Wildman–Crippen LogP) is 2.06. The van der Waals surface area contributed by atoms with Gasteiger partial charge in [0.2, 0.25) is 0 Å². The van der Waals surface area contributed by atoms with Crippen LogP contribution in [-0.2, 0) is 0 Å². The molecule has 0 saturated heterocycles. The maximum Gasteiger partial charge on any atom is 0.150 e. The van der Waals surface area contributed by atoms with Gasteiger partial charge in [-0.3, -0.25) is 0 Å². The first-order valence-electron chi connectivity index (χ1n) is 4.49. The molecule has 1 aromatic heterocycles. The zero-order chi connectivity index (χ0) is 10.8. The first-order valence-corrected chi connectivity index (χ1v) is 4.49. The van der Waals surface area contributed by atoms with Crippen LogP contribution >= 0.6 is 0 Å². The first kappa shape index (κ1) is 9.45. The minimum absolute atomic E-state index is 0.0361. The average molecular weight is 202 g/mol. The normalized spacial score (nSPS) is 11.3. The number of pyridine rings is 1. The lowest BCUT2D eigenvalue weighted by Gasteiger charge is -2.03. The molecule has 2 aromatic rings. The molecule has 0 aliphatic carbocycles. The number of aryl methyl sites for hydroxylation is 1. The van der Waals surface area contributed by atoms with Gasteiger partial charge in [-0.2, -0.15) is 0 Å². The highest BCUT2D eigenvalue weighted by molar-refractivity contribution is 5.94. The molecule has 15 heavy (non-hydrogen) atoms. The van der Waals surface area contributed by atoms with Crippen LogP contribution in [0.2, 0.25) is 0 Å². The monoisotopic (exact) mass is 202 g/mol. The number of hydrogen-bond donors (Lipinski definition) is 2. The zero-order valence-corrected chi connectivity index (χ0v) is 8.18. The van der Waals surface area contributed by atoms with E-state index in [4.69, 9.17) is 5.21 Å².